The zero-order chi connectivity index (χ0) is 15.6. The number of pyridine rings is 1. The second-order valence-electron chi connectivity index (χ2n) is 3.99. The zero-order valence-corrected chi connectivity index (χ0v) is 13.1. The average Bonchev–Trinajstić information content (AvgIpc) is 2.77. The van der Waals surface area contributed by atoms with Crippen molar-refractivity contribution in [2.75, 3.05) is 0 Å². The molecule has 0 atom stereocenters. The first-order chi connectivity index (χ1) is 9.81. The number of sulfonamides is 1. The monoisotopic (exact) mass is 375 g/mol. The summed E-state index contributed by atoms with van der Waals surface area (Å²) in [4.78, 5) is 14.4. The summed E-state index contributed by atoms with van der Waals surface area (Å²) < 4.78 is 27.8. The number of halogens is 1. The van der Waals surface area contributed by atoms with E-state index < -0.39 is 16.0 Å². The van der Waals surface area contributed by atoms with E-state index in [1.54, 1.807) is 0 Å². The molecule has 2 aromatic heterocycles. The van der Waals surface area contributed by atoms with E-state index in [1.165, 1.54) is 25.4 Å². The van der Waals surface area contributed by atoms with Crippen LogP contribution in [0.15, 0.2) is 28.0 Å². The Morgan fingerprint density at radius 1 is 1.48 bits per heavy atom. The highest BCUT2D eigenvalue weighted by molar-refractivity contribution is 9.10. The maximum Gasteiger partial charge on any atom is 0.354 e. The molecule has 2 N–H and O–H groups in total. The molecule has 2 heterocycles. The first-order valence-corrected chi connectivity index (χ1v) is 7.82. The van der Waals surface area contributed by atoms with Gasteiger partial charge in [0, 0.05) is 19.8 Å². The fraction of sp³-hybridized carbons (Fsp3) is 0.200. The third kappa shape index (κ3) is 3.43. The van der Waals surface area contributed by atoms with Crippen LogP contribution in [0.25, 0.3) is 0 Å². The molecular weight excluding hydrogens is 366 g/mol. The lowest BCUT2D eigenvalue weighted by Gasteiger charge is -2.06. The van der Waals surface area contributed by atoms with Crippen LogP contribution >= 0.6 is 15.9 Å². The zero-order valence-electron chi connectivity index (χ0n) is 10.7. The van der Waals surface area contributed by atoms with Crippen molar-refractivity contribution in [3.8, 4) is 0 Å². The van der Waals surface area contributed by atoms with Crippen LogP contribution in [-0.4, -0.2) is 39.5 Å². The average molecular weight is 376 g/mol. The number of nitrogens with zero attached hydrogens (tertiary/aromatic N) is 4. The smallest absolute Gasteiger partial charge is 0.354 e. The number of carbonyl (C=O) groups is 1. The molecule has 0 fully saturated rings. The Kier molecular flexibility index (Phi) is 4.34. The maximum absolute atomic E-state index is 12.1. The van der Waals surface area contributed by atoms with Gasteiger partial charge in [-0.2, -0.15) is 0 Å². The summed E-state index contributed by atoms with van der Waals surface area (Å²) >= 11 is 3.01. The number of carboxylic acids is 1. The molecule has 0 amide bonds. The van der Waals surface area contributed by atoms with Gasteiger partial charge in [-0.3, -0.25) is 0 Å². The fourth-order valence-electron chi connectivity index (χ4n) is 1.51. The molecule has 2 aromatic rings. The molecule has 0 aliphatic carbocycles. The standard InChI is InChI=1S/C10H10BrN5O4S/c1-16-9(8(11)14-15-16)21(19,20)13-5-6-2-3-7(10(17)18)12-4-6/h2-4,13H,5H2,1H3,(H,17,18). The van der Waals surface area contributed by atoms with Crippen LogP contribution in [0.2, 0.25) is 0 Å². The first kappa shape index (κ1) is 15.5. The second-order valence-corrected chi connectivity index (χ2v) is 6.42. The van der Waals surface area contributed by atoms with Crippen molar-refractivity contribution < 1.29 is 18.3 Å². The molecule has 0 aliphatic rings. The molecule has 0 saturated heterocycles. The summed E-state index contributed by atoms with van der Waals surface area (Å²) in [6, 6.07) is 2.78. The lowest BCUT2D eigenvalue weighted by atomic mass is 10.2. The molecule has 21 heavy (non-hydrogen) atoms. The molecule has 0 aromatic carbocycles. The van der Waals surface area contributed by atoms with Crippen LogP contribution < -0.4 is 4.72 Å². The van der Waals surface area contributed by atoms with E-state index in [2.05, 4.69) is 35.9 Å². The Hall–Kier alpha value is -1.85. The molecular formula is C10H10BrN5O4S. The number of aromatic nitrogens is 4. The number of aromatic carboxylic acids is 1. The van der Waals surface area contributed by atoms with Crippen LogP contribution in [0.3, 0.4) is 0 Å². The molecule has 2 rings (SSSR count). The Bertz CT molecular complexity index is 752. The Labute approximate surface area is 128 Å². The third-order valence-electron chi connectivity index (χ3n) is 2.50. The minimum absolute atomic E-state index is 0.0349. The van der Waals surface area contributed by atoms with E-state index in [1.807, 2.05) is 0 Å². The molecule has 0 bridgehead atoms. The summed E-state index contributed by atoms with van der Waals surface area (Å²) in [6.45, 7) is -0.0349. The van der Waals surface area contributed by atoms with Gasteiger partial charge in [-0.25, -0.2) is 27.6 Å². The summed E-state index contributed by atoms with van der Waals surface area (Å²) in [5.74, 6) is -1.15. The quantitative estimate of drug-likeness (QED) is 0.760. The van der Waals surface area contributed by atoms with E-state index >= 15 is 0 Å². The summed E-state index contributed by atoms with van der Waals surface area (Å²) in [5, 5.41) is 15.8. The molecule has 9 nitrogen and oxygen atoms in total. The highest BCUT2D eigenvalue weighted by atomic mass is 79.9. The Morgan fingerprint density at radius 3 is 2.67 bits per heavy atom. The van der Waals surface area contributed by atoms with Crippen LogP contribution in [0, 0.1) is 0 Å². The molecule has 0 radical (unpaired) electrons. The Balaban J connectivity index is 2.14. The van der Waals surface area contributed by atoms with Crippen molar-refractivity contribution in [3.63, 3.8) is 0 Å². The van der Waals surface area contributed by atoms with Crippen molar-refractivity contribution in [2.45, 2.75) is 11.6 Å². The van der Waals surface area contributed by atoms with Gasteiger partial charge in [0.1, 0.15) is 5.69 Å². The summed E-state index contributed by atoms with van der Waals surface area (Å²) in [7, 11) is -2.35. The highest BCUT2D eigenvalue weighted by Crippen LogP contribution is 2.17. The number of aryl methyl sites for hydroxylation is 1. The topological polar surface area (TPSA) is 127 Å². The van der Waals surface area contributed by atoms with Crippen LogP contribution in [0.4, 0.5) is 0 Å². The maximum atomic E-state index is 12.1. The van der Waals surface area contributed by atoms with Crippen molar-refractivity contribution in [2.24, 2.45) is 7.05 Å². The molecule has 0 aliphatic heterocycles. The third-order valence-corrected chi connectivity index (χ3v) is 4.79. The lowest BCUT2D eigenvalue weighted by molar-refractivity contribution is 0.0690. The van der Waals surface area contributed by atoms with Crippen LogP contribution in [-0.2, 0) is 23.6 Å². The normalized spacial score (nSPS) is 11.5. The van der Waals surface area contributed by atoms with Gasteiger partial charge in [-0.1, -0.05) is 11.3 Å². The van der Waals surface area contributed by atoms with Crippen molar-refractivity contribution >= 4 is 31.9 Å². The van der Waals surface area contributed by atoms with Gasteiger partial charge in [0.05, 0.1) is 0 Å². The minimum atomic E-state index is -3.81. The number of hydrogen-bond acceptors (Lipinski definition) is 6. The predicted octanol–water partition coefficient (Wildman–Crippen LogP) is 0.149. The SMILES string of the molecule is Cn1nnc(Br)c1S(=O)(=O)NCc1ccc(C(=O)O)nc1. The van der Waals surface area contributed by atoms with Gasteiger partial charge in [0.2, 0.25) is 5.03 Å². The van der Waals surface area contributed by atoms with E-state index in [9.17, 15) is 13.2 Å². The second kappa shape index (κ2) is 5.87. The minimum Gasteiger partial charge on any atom is -0.477 e. The molecule has 0 unspecified atom stereocenters. The van der Waals surface area contributed by atoms with Gasteiger partial charge in [0.25, 0.3) is 10.0 Å². The van der Waals surface area contributed by atoms with Gasteiger partial charge < -0.3 is 5.11 Å². The van der Waals surface area contributed by atoms with Crippen molar-refractivity contribution in [1.29, 1.82) is 0 Å². The van der Waals surface area contributed by atoms with E-state index in [0.29, 0.717) is 5.56 Å². The predicted molar refractivity (Wildman–Crippen MR) is 73.9 cm³/mol. The number of nitrogens with one attached hydrogen (secondary N) is 1. The van der Waals surface area contributed by atoms with E-state index in [4.69, 9.17) is 5.11 Å². The number of carboxylic acid groups (broad SMARTS) is 1. The summed E-state index contributed by atoms with van der Waals surface area (Å²) in [6.07, 6.45) is 1.29. The highest BCUT2D eigenvalue weighted by Gasteiger charge is 2.23. The number of hydrogen-bond donors (Lipinski definition) is 2. The molecule has 0 spiro atoms. The molecule has 112 valence electrons. The fourth-order valence-corrected chi connectivity index (χ4v) is 3.62. The van der Waals surface area contributed by atoms with Gasteiger partial charge in [-0.15, -0.1) is 5.10 Å². The van der Waals surface area contributed by atoms with Gasteiger partial charge >= 0.3 is 5.97 Å². The van der Waals surface area contributed by atoms with E-state index in [-0.39, 0.29) is 21.9 Å². The van der Waals surface area contributed by atoms with Gasteiger partial charge in [0.15, 0.2) is 4.60 Å². The largest absolute Gasteiger partial charge is 0.477 e. The van der Waals surface area contributed by atoms with Gasteiger partial charge in [-0.05, 0) is 27.6 Å². The summed E-state index contributed by atoms with van der Waals surface area (Å²) in [5.41, 5.74) is 0.412. The lowest BCUT2D eigenvalue weighted by Crippen LogP contribution is -2.25. The van der Waals surface area contributed by atoms with Crippen molar-refractivity contribution in [3.05, 3.63) is 34.2 Å². The van der Waals surface area contributed by atoms with Crippen LogP contribution in [0.5, 0.6) is 0 Å². The van der Waals surface area contributed by atoms with Crippen molar-refractivity contribution in [1.82, 2.24) is 24.7 Å². The Morgan fingerprint density at radius 2 is 2.19 bits per heavy atom. The molecule has 0 saturated carbocycles. The first-order valence-electron chi connectivity index (χ1n) is 5.54. The van der Waals surface area contributed by atoms with E-state index in [0.717, 1.165) is 4.68 Å². The molecule has 11 heteroatoms. The van der Waals surface area contributed by atoms with Crippen LogP contribution in [0.1, 0.15) is 16.1 Å². The number of rotatable bonds is 5.